The summed E-state index contributed by atoms with van der Waals surface area (Å²) in [6, 6.07) is 6.04. The summed E-state index contributed by atoms with van der Waals surface area (Å²) in [7, 11) is 0. The van der Waals surface area contributed by atoms with Crippen molar-refractivity contribution in [2.24, 2.45) is 5.92 Å². The molecule has 21 heavy (non-hydrogen) atoms. The SMILES string of the molecule is O=C(CCC1CCNC1)NC1CCOc2ccc(Br)cc21. The number of carbonyl (C=O) groups is 1. The number of benzene rings is 1. The number of carbonyl (C=O) groups excluding carboxylic acids is 1. The number of nitrogens with one attached hydrogen (secondary N) is 2. The van der Waals surface area contributed by atoms with Gasteiger partial charge in [0, 0.05) is 22.9 Å². The molecule has 1 amide bonds. The maximum Gasteiger partial charge on any atom is 0.220 e. The highest BCUT2D eigenvalue weighted by atomic mass is 79.9. The van der Waals surface area contributed by atoms with Crippen LogP contribution < -0.4 is 15.4 Å². The number of ether oxygens (including phenoxy) is 1. The van der Waals surface area contributed by atoms with Crippen LogP contribution in [0.2, 0.25) is 0 Å². The zero-order chi connectivity index (χ0) is 14.7. The molecule has 2 unspecified atom stereocenters. The van der Waals surface area contributed by atoms with E-state index in [1.165, 1.54) is 6.42 Å². The van der Waals surface area contributed by atoms with Crippen LogP contribution >= 0.6 is 15.9 Å². The minimum Gasteiger partial charge on any atom is -0.493 e. The summed E-state index contributed by atoms with van der Waals surface area (Å²) < 4.78 is 6.67. The molecule has 3 rings (SSSR count). The van der Waals surface area contributed by atoms with Crippen molar-refractivity contribution in [2.75, 3.05) is 19.7 Å². The highest BCUT2D eigenvalue weighted by Gasteiger charge is 2.24. The van der Waals surface area contributed by atoms with Gasteiger partial charge in [-0.2, -0.15) is 0 Å². The van der Waals surface area contributed by atoms with Crippen molar-refractivity contribution in [2.45, 2.75) is 31.7 Å². The molecule has 0 saturated carbocycles. The van der Waals surface area contributed by atoms with Gasteiger partial charge in [0.25, 0.3) is 0 Å². The molecule has 0 aromatic heterocycles. The van der Waals surface area contributed by atoms with E-state index in [-0.39, 0.29) is 11.9 Å². The van der Waals surface area contributed by atoms with Gasteiger partial charge in [0.1, 0.15) is 5.75 Å². The third-order valence-electron chi connectivity index (χ3n) is 4.29. The molecular formula is C16H21BrN2O2. The van der Waals surface area contributed by atoms with Crippen LogP contribution in [0.25, 0.3) is 0 Å². The van der Waals surface area contributed by atoms with E-state index in [1.807, 2.05) is 18.2 Å². The quantitative estimate of drug-likeness (QED) is 0.875. The first kappa shape index (κ1) is 14.9. The number of hydrogen-bond acceptors (Lipinski definition) is 3. The van der Waals surface area contributed by atoms with Crippen LogP contribution in [0.15, 0.2) is 22.7 Å². The molecule has 2 aliphatic heterocycles. The Morgan fingerprint density at radius 2 is 2.33 bits per heavy atom. The van der Waals surface area contributed by atoms with Gasteiger partial charge in [-0.05, 0) is 50.0 Å². The normalized spacial score (nSPS) is 24.2. The molecule has 2 N–H and O–H groups in total. The first-order chi connectivity index (χ1) is 10.2. The Bertz CT molecular complexity index is 515. The van der Waals surface area contributed by atoms with E-state index in [1.54, 1.807) is 0 Å². The lowest BCUT2D eigenvalue weighted by atomic mass is 9.99. The van der Waals surface area contributed by atoms with Crippen molar-refractivity contribution in [3.8, 4) is 5.75 Å². The lowest BCUT2D eigenvalue weighted by molar-refractivity contribution is -0.122. The predicted octanol–water partition coefficient (Wildman–Crippen LogP) is 2.78. The van der Waals surface area contributed by atoms with Gasteiger partial charge >= 0.3 is 0 Å². The number of rotatable bonds is 4. The van der Waals surface area contributed by atoms with Crippen molar-refractivity contribution in [3.05, 3.63) is 28.2 Å². The Labute approximate surface area is 133 Å². The van der Waals surface area contributed by atoms with Crippen LogP contribution in [0.3, 0.4) is 0 Å². The zero-order valence-electron chi connectivity index (χ0n) is 12.0. The number of halogens is 1. The van der Waals surface area contributed by atoms with E-state index in [4.69, 9.17) is 4.74 Å². The Morgan fingerprint density at radius 3 is 3.14 bits per heavy atom. The average Bonchev–Trinajstić information content (AvgIpc) is 2.99. The third kappa shape index (κ3) is 3.77. The standard InChI is InChI=1S/C16H21BrN2O2/c17-12-2-3-15-13(9-12)14(6-8-21-15)19-16(20)4-1-11-5-7-18-10-11/h2-3,9,11,14,18H,1,4-8,10H2,(H,19,20). The van der Waals surface area contributed by atoms with Crippen LogP contribution in [-0.2, 0) is 4.79 Å². The lowest BCUT2D eigenvalue weighted by Crippen LogP contribution is -2.32. The topological polar surface area (TPSA) is 50.4 Å². The van der Waals surface area contributed by atoms with Gasteiger partial charge < -0.3 is 15.4 Å². The van der Waals surface area contributed by atoms with Gasteiger partial charge in [0.15, 0.2) is 0 Å². The van der Waals surface area contributed by atoms with E-state index in [9.17, 15) is 4.79 Å². The fourth-order valence-electron chi connectivity index (χ4n) is 3.08. The van der Waals surface area contributed by atoms with Gasteiger partial charge in [0.05, 0.1) is 12.6 Å². The van der Waals surface area contributed by atoms with E-state index in [2.05, 4.69) is 26.6 Å². The molecule has 1 saturated heterocycles. The summed E-state index contributed by atoms with van der Waals surface area (Å²) in [4.78, 5) is 12.2. The number of hydrogen-bond donors (Lipinski definition) is 2. The molecule has 2 heterocycles. The minimum atomic E-state index is 0.0699. The fourth-order valence-corrected chi connectivity index (χ4v) is 3.46. The lowest BCUT2D eigenvalue weighted by Gasteiger charge is -2.27. The highest BCUT2D eigenvalue weighted by Crippen LogP contribution is 2.34. The zero-order valence-corrected chi connectivity index (χ0v) is 13.6. The third-order valence-corrected chi connectivity index (χ3v) is 4.78. The first-order valence-electron chi connectivity index (χ1n) is 7.64. The maximum absolute atomic E-state index is 12.2. The maximum atomic E-state index is 12.2. The summed E-state index contributed by atoms with van der Waals surface area (Å²) in [5.74, 6) is 1.70. The highest BCUT2D eigenvalue weighted by molar-refractivity contribution is 9.10. The Kier molecular flexibility index (Phi) is 4.80. The van der Waals surface area contributed by atoms with Gasteiger partial charge in [0.2, 0.25) is 5.91 Å². The monoisotopic (exact) mass is 352 g/mol. The molecule has 0 aliphatic carbocycles. The molecule has 1 aromatic carbocycles. The molecule has 4 nitrogen and oxygen atoms in total. The van der Waals surface area contributed by atoms with E-state index in [0.29, 0.717) is 18.9 Å². The Balaban J connectivity index is 1.57. The summed E-state index contributed by atoms with van der Waals surface area (Å²) in [5.41, 5.74) is 1.08. The summed E-state index contributed by atoms with van der Waals surface area (Å²) in [5, 5.41) is 6.51. The van der Waals surface area contributed by atoms with Crippen LogP contribution in [-0.4, -0.2) is 25.6 Å². The van der Waals surface area contributed by atoms with Crippen molar-refractivity contribution in [3.63, 3.8) is 0 Å². The fraction of sp³-hybridized carbons (Fsp3) is 0.562. The molecule has 2 atom stereocenters. The molecule has 0 spiro atoms. The van der Waals surface area contributed by atoms with Crippen LogP contribution in [0.4, 0.5) is 0 Å². The second kappa shape index (κ2) is 6.79. The van der Waals surface area contributed by atoms with E-state index in [0.717, 1.165) is 41.7 Å². The Morgan fingerprint density at radius 1 is 1.43 bits per heavy atom. The molecular weight excluding hydrogens is 332 g/mol. The van der Waals surface area contributed by atoms with Crippen molar-refractivity contribution in [1.82, 2.24) is 10.6 Å². The predicted molar refractivity (Wildman–Crippen MR) is 85.3 cm³/mol. The smallest absolute Gasteiger partial charge is 0.220 e. The van der Waals surface area contributed by atoms with Crippen molar-refractivity contribution < 1.29 is 9.53 Å². The van der Waals surface area contributed by atoms with Crippen molar-refractivity contribution in [1.29, 1.82) is 0 Å². The van der Waals surface area contributed by atoms with Gasteiger partial charge in [-0.25, -0.2) is 0 Å². The van der Waals surface area contributed by atoms with E-state index >= 15 is 0 Å². The molecule has 0 radical (unpaired) electrons. The molecule has 114 valence electrons. The van der Waals surface area contributed by atoms with Gasteiger partial charge in [-0.1, -0.05) is 15.9 Å². The molecule has 5 heteroatoms. The summed E-state index contributed by atoms with van der Waals surface area (Å²) >= 11 is 3.48. The first-order valence-corrected chi connectivity index (χ1v) is 8.44. The summed E-state index contributed by atoms with van der Waals surface area (Å²) in [6.45, 7) is 2.81. The second-order valence-electron chi connectivity index (χ2n) is 5.84. The van der Waals surface area contributed by atoms with Crippen LogP contribution in [0.1, 0.15) is 37.3 Å². The van der Waals surface area contributed by atoms with Gasteiger partial charge in [-0.15, -0.1) is 0 Å². The van der Waals surface area contributed by atoms with Crippen LogP contribution in [0, 0.1) is 5.92 Å². The summed E-state index contributed by atoms with van der Waals surface area (Å²) in [6.07, 6.45) is 3.63. The van der Waals surface area contributed by atoms with Crippen LogP contribution in [0.5, 0.6) is 5.75 Å². The molecule has 0 bridgehead atoms. The molecule has 1 aromatic rings. The van der Waals surface area contributed by atoms with Crippen molar-refractivity contribution >= 4 is 21.8 Å². The molecule has 1 fully saturated rings. The Hall–Kier alpha value is -1.07. The number of amides is 1. The second-order valence-corrected chi connectivity index (χ2v) is 6.75. The number of fused-ring (bicyclic) bond motifs is 1. The van der Waals surface area contributed by atoms with E-state index < -0.39 is 0 Å². The molecule has 2 aliphatic rings. The average molecular weight is 353 g/mol. The largest absolute Gasteiger partial charge is 0.493 e. The van der Waals surface area contributed by atoms with Gasteiger partial charge in [-0.3, -0.25) is 4.79 Å². The minimum absolute atomic E-state index is 0.0699.